The van der Waals surface area contributed by atoms with E-state index in [-0.39, 0.29) is 4.90 Å². The monoisotopic (exact) mass is 436 g/mol. The summed E-state index contributed by atoms with van der Waals surface area (Å²) in [6, 6.07) is 21.2. The lowest BCUT2D eigenvalue weighted by Crippen LogP contribution is -2.27. The summed E-state index contributed by atoms with van der Waals surface area (Å²) in [5.41, 5.74) is 3.51. The van der Waals surface area contributed by atoms with E-state index in [4.69, 9.17) is 9.47 Å². The maximum atomic E-state index is 13.5. The number of hydrazone groups is 1. The number of aryl methyl sites for hydroxylation is 1. The minimum Gasteiger partial charge on any atom is -0.493 e. The van der Waals surface area contributed by atoms with Gasteiger partial charge in [-0.2, -0.15) is 17.9 Å². The van der Waals surface area contributed by atoms with Gasteiger partial charge in [0, 0.05) is 6.42 Å². The van der Waals surface area contributed by atoms with E-state index in [0.29, 0.717) is 17.9 Å². The van der Waals surface area contributed by atoms with Gasteiger partial charge in [-0.15, -0.1) is 0 Å². The van der Waals surface area contributed by atoms with Crippen LogP contribution in [-0.2, 0) is 10.0 Å². The van der Waals surface area contributed by atoms with Crippen molar-refractivity contribution < 1.29 is 17.9 Å². The Morgan fingerprint density at radius 2 is 1.65 bits per heavy atom. The van der Waals surface area contributed by atoms with Crippen molar-refractivity contribution in [3.63, 3.8) is 0 Å². The minimum atomic E-state index is -3.85. The number of rotatable bonds is 6. The summed E-state index contributed by atoms with van der Waals surface area (Å²) in [6.07, 6.45) is 0.449. The molecule has 6 nitrogen and oxygen atoms in total. The van der Waals surface area contributed by atoms with Gasteiger partial charge in [0.1, 0.15) is 0 Å². The van der Waals surface area contributed by atoms with Crippen molar-refractivity contribution in [3.8, 4) is 11.5 Å². The highest BCUT2D eigenvalue weighted by atomic mass is 32.2. The molecule has 31 heavy (non-hydrogen) atoms. The van der Waals surface area contributed by atoms with E-state index in [2.05, 4.69) is 5.10 Å². The van der Waals surface area contributed by atoms with Gasteiger partial charge in [-0.05, 0) is 42.3 Å². The third-order valence-corrected chi connectivity index (χ3v) is 7.00. The molecule has 1 heterocycles. The average molecular weight is 437 g/mol. The van der Waals surface area contributed by atoms with Gasteiger partial charge in [0.2, 0.25) is 0 Å². The first kappa shape index (κ1) is 20.9. The molecule has 0 N–H and O–H groups in total. The van der Waals surface area contributed by atoms with Crippen molar-refractivity contribution in [2.24, 2.45) is 5.10 Å². The van der Waals surface area contributed by atoms with Crippen molar-refractivity contribution in [1.82, 2.24) is 4.41 Å². The van der Waals surface area contributed by atoms with E-state index < -0.39 is 16.1 Å². The van der Waals surface area contributed by atoms with Crippen LogP contribution >= 0.6 is 0 Å². The van der Waals surface area contributed by atoms with Crippen LogP contribution in [0.4, 0.5) is 0 Å². The minimum absolute atomic E-state index is 0.203. The topological polar surface area (TPSA) is 68.2 Å². The van der Waals surface area contributed by atoms with Gasteiger partial charge in [0.15, 0.2) is 11.5 Å². The van der Waals surface area contributed by atoms with E-state index >= 15 is 0 Å². The third-order valence-electron chi connectivity index (χ3n) is 5.30. The molecule has 160 valence electrons. The zero-order valence-electron chi connectivity index (χ0n) is 17.6. The van der Waals surface area contributed by atoms with E-state index in [1.165, 1.54) is 4.41 Å². The fraction of sp³-hybridized carbons (Fsp3) is 0.208. The van der Waals surface area contributed by atoms with Crippen LogP contribution in [0.1, 0.15) is 29.2 Å². The fourth-order valence-corrected chi connectivity index (χ4v) is 5.17. The van der Waals surface area contributed by atoms with Gasteiger partial charge < -0.3 is 9.47 Å². The molecule has 0 aromatic heterocycles. The highest BCUT2D eigenvalue weighted by Gasteiger charge is 2.38. The number of hydrogen-bond donors (Lipinski definition) is 0. The maximum Gasteiger partial charge on any atom is 0.279 e. The largest absolute Gasteiger partial charge is 0.493 e. The standard InChI is InChI=1S/C24H24N2O4S/c1-17-8-7-9-18(14-17)21-16-22(19-12-13-23(29-2)24(15-19)30-3)26(25-21)31(27,28)20-10-5-4-6-11-20/h4-15,22H,16H2,1-3H3/t22-/m1/s1. The molecule has 4 rings (SSSR count). The Kier molecular flexibility index (Phi) is 5.69. The quantitative estimate of drug-likeness (QED) is 0.568. The summed E-state index contributed by atoms with van der Waals surface area (Å²) in [6.45, 7) is 2.00. The second-order valence-corrected chi connectivity index (χ2v) is 9.14. The van der Waals surface area contributed by atoms with E-state index in [0.717, 1.165) is 22.4 Å². The van der Waals surface area contributed by atoms with Crippen LogP contribution < -0.4 is 9.47 Å². The molecule has 7 heteroatoms. The van der Waals surface area contributed by atoms with Crippen molar-refractivity contribution in [2.75, 3.05) is 14.2 Å². The predicted molar refractivity (Wildman–Crippen MR) is 120 cm³/mol. The van der Waals surface area contributed by atoms with Gasteiger partial charge in [0.25, 0.3) is 10.0 Å². The van der Waals surface area contributed by atoms with Crippen LogP contribution in [0.25, 0.3) is 0 Å². The summed E-state index contributed by atoms with van der Waals surface area (Å²) in [5.74, 6) is 1.13. The van der Waals surface area contributed by atoms with Gasteiger partial charge >= 0.3 is 0 Å². The number of ether oxygens (including phenoxy) is 2. The summed E-state index contributed by atoms with van der Waals surface area (Å²) in [7, 11) is -0.722. The molecule has 0 unspecified atom stereocenters. The van der Waals surface area contributed by atoms with Crippen molar-refractivity contribution in [2.45, 2.75) is 24.3 Å². The molecule has 0 radical (unpaired) electrons. The highest BCUT2D eigenvalue weighted by Crippen LogP contribution is 2.40. The van der Waals surface area contributed by atoms with Crippen molar-refractivity contribution in [3.05, 3.63) is 89.5 Å². The van der Waals surface area contributed by atoms with Crippen LogP contribution in [0.15, 0.2) is 82.8 Å². The smallest absolute Gasteiger partial charge is 0.279 e. The number of hydrogen-bond acceptors (Lipinski definition) is 5. The normalized spacial score (nSPS) is 16.2. The first-order valence-electron chi connectivity index (χ1n) is 9.90. The fourth-order valence-electron chi connectivity index (χ4n) is 3.72. The van der Waals surface area contributed by atoms with Crippen LogP contribution in [0.2, 0.25) is 0 Å². The number of benzene rings is 3. The van der Waals surface area contributed by atoms with E-state index in [9.17, 15) is 8.42 Å². The highest BCUT2D eigenvalue weighted by molar-refractivity contribution is 7.89. The van der Waals surface area contributed by atoms with Crippen LogP contribution in [-0.4, -0.2) is 32.8 Å². The van der Waals surface area contributed by atoms with E-state index in [1.807, 2.05) is 43.3 Å². The van der Waals surface area contributed by atoms with Crippen molar-refractivity contribution in [1.29, 1.82) is 0 Å². The lowest BCUT2D eigenvalue weighted by molar-refractivity contribution is 0.348. The Morgan fingerprint density at radius 3 is 2.32 bits per heavy atom. The van der Waals surface area contributed by atoms with Gasteiger partial charge in [-0.3, -0.25) is 0 Å². The summed E-state index contributed by atoms with van der Waals surface area (Å²) in [5, 5.41) is 4.59. The Morgan fingerprint density at radius 1 is 0.903 bits per heavy atom. The van der Waals surface area contributed by atoms with Gasteiger partial charge in [0.05, 0.1) is 30.9 Å². The first-order valence-corrected chi connectivity index (χ1v) is 11.3. The molecular weight excluding hydrogens is 412 g/mol. The molecule has 0 fully saturated rings. The number of methoxy groups -OCH3 is 2. The first-order chi connectivity index (χ1) is 14.9. The van der Waals surface area contributed by atoms with Gasteiger partial charge in [-0.25, -0.2) is 0 Å². The summed E-state index contributed by atoms with van der Waals surface area (Å²) < 4.78 is 39.0. The number of sulfonamides is 1. The summed E-state index contributed by atoms with van der Waals surface area (Å²) in [4.78, 5) is 0.203. The third kappa shape index (κ3) is 4.01. The van der Waals surface area contributed by atoms with Gasteiger partial charge in [-0.1, -0.05) is 54.1 Å². The van der Waals surface area contributed by atoms with Crippen LogP contribution in [0.5, 0.6) is 11.5 Å². The zero-order valence-corrected chi connectivity index (χ0v) is 18.5. The SMILES string of the molecule is COc1ccc([C@H]2CC(c3cccc(C)c3)=NN2S(=O)(=O)c2ccccc2)cc1OC. The lowest BCUT2D eigenvalue weighted by atomic mass is 9.98. The Hall–Kier alpha value is -3.32. The molecule has 1 aliphatic rings. The molecule has 3 aromatic rings. The molecule has 0 amide bonds. The predicted octanol–water partition coefficient (Wildman–Crippen LogP) is 4.55. The van der Waals surface area contributed by atoms with E-state index in [1.54, 1.807) is 50.6 Å². The lowest BCUT2D eigenvalue weighted by Gasteiger charge is -2.24. The molecule has 3 aromatic carbocycles. The maximum absolute atomic E-state index is 13.5. The molecule has 0 aliphatic carbocycles. The second kappa shape index (κ2) is 8.43. The zero-order chi connectivity index (χ0) is 22.0. The average Bonchev–Trinajstić information content (AvgIpc) is 3.26. The van der Waals surface area contributed by atoms with Crippen molar-refractivity contribution >= 4 is 15.7 Å². The molecule has 0 saturated heterocycles. The molecular formula is C24H24N2O4S. The Bertz CT molecular complexity index is 1220. The molecule has 0 saturated carbocycles. The number of nitrogens with zero attached hydrogens (tertiary/aromatic N) is 2. The van der Waals surface area contributed by atoms with Crippen LogP contribution in [0, 0.1) is 6.92 Å². The molecule has 1 aliphatic heterocycles. The Labute approximate surface area is 182 Å². The molecule has 0 bridgehead atoms. The Balaban J connectivity index is 1.82. The molecule has 1 atom stereocenters. The summed E-state index contributed by atoms with van der Waals surface area (Å²) >= 11 is 0. The van der Waals surface area contributed by atoms with Crippen LogP contribution in [0.3, 0.4) is 0 Å². The molecule has 0 spiro atoms. The second-order valence-electron chi connectivity index (χ2n) is 7.34.